The first-order chi connectivity index (χ1) is 6.74. The number of methoxy groups -OCH3 is 1. The molecule has 2 N–H and O–H groups in total. The highest BCUT2D eigenvalue weighted by Gasteiger charge is 2.12. The molecule has 1 atom stereocenters. The summed E-state index contributed by atoms with van der Waals surface area (Å²) in [5.41, 5.74) is 1.10. The largest absolute Gasteiger partial charge is 0.383 e. The van der Waals surface area contributed by atoms with E-state index in [9.17, 15) is 0 Å². The van der Waals surface area contributed by atoms with E-state index in [2.05, 4.69) is 29.4 Å². The van der Waals surface area contributed by atoms with Crippen molar-refractivity contribution in [2.75, 3.05) is 13.7 Å². The molecule has 0 radical (unpaired) electrons. The fourth-order valence-electron chi connectivity index (χ4n) is 1.29. The summed E-state index contributed by atoms with van der Waals surface area (Å²) in [7, 11) is 1.73. The zero-order valence-corrected chi connectivity index (χ0v) is 9.08. The van der Waals surface area contributed by atoms with Gasteiger partial charge >= 0.3 is 0 Å². The van der Waals surface area contributed by atoms with E-state index >= 15 is 0 Å². The van der Waals surface area contributed by atoms with E-state index in [1.807, 2.05) is 6.07 Å². The summed E-state index contributed by atoms with van der Waals surface area (Å²) in [6, 6.07) is 2.36. The molecule has 1 aromatic heterocycles. The molecule has 4 nitrogen and oxygen atoms in total. The minimum Gasteiger partial charge on any atom is -0.383 e. The van der Waals surface area contributed by atoms with Crippen LogP contribution in [0.1, 0.15) is 19.5 Å². The van der Waals surface area contributed by atoms with Crippen LogP contribution in [0.2, 0.25) is 0 Å². The van der Waals surface area contributed by atoms with Crippen molar-refractivity contribution in [2.24, 2.45) is 5.92 Å². The van der Waals surface area contributed by atoms with E-state index in [1.165, 1.54) is 0 Å². The first-order valence-electron chi connectivity index (χ1n) is 4.94. The maximum atomic E-state index is 5.15. The smallest absolute Gasteiger partial charge is 0.0618 e. The van der Waals surface area contributed by atoms with Crippen molar-refractivity contribution in [2.45, 2.75) is 26.4 Å². The molecular weight excluding hydrogens is 178 g/mol. The lowest BCUT2D eigenvalue weighted by Crippen LogP contribution is -2.37. The topological polar surface area (TPSA) is 49.9 Å². The average Bonchev–Trinajstić information content (AvgIpc) is 2.64. The maximum absolute atomic E-state index is 5.15. The van der Waals surface area contributed by atoms with E-state index in [0.717, 1.165) is 18.8 Å². The summed E-state index contributed by atoms with van der Waals surface area (Å²) in [5.74, 6) is 0.567. The Labute approximate surface area is 85.0 Å². The molecule has 0 aliphatic rings. The van der Waals surface area contributed by atoms with Gasteiger partial charge in [-0.1, -0.05) is 13.8 Å². The quantitative estimate of drug-likeness (QED) is 0.719. The molecule has 0 saturated carbocycles. The Morgan fingerprint density at radius 2 is 2.36 bits per heavy atom. The van der Waals surface area contributed by atoms with Gasteiger partial charge in [0.25, 0.3) is 0 Å². The molecule has 1 rings (SSSR count). The summed E-state index contributed by atoms with van der Waals surface area (Å²) in [4.78, 5) is 0. The first-order valence-corrected chi connectivity index (χ1v) is 4.94. The number of H-pyrrole nitrogens is 1. The van der Waals surface area contributed by atoms with Gasteiger partial charge in [0, 0.05) is 31.6 Å². The van der Waals surface area contributed by atoms with Gasteiger partial charge in [0.15, 0.2) is 0 Å². The number of nitrogens with zero attached hydrogens (tertiary/aromatic N) is 1. The van der Waals surface area contributed by atoms with Gasteiger partial charge in [0.05, 0.1) is 6.61 Å². The van der Waals surface area contributed by atoms with Gasteiger partial charge in [0.1, 0.15) is 0 Å². The third kappa shape index (κ3) is 3.47. The lowest BCUT2D eigenvalue weighted by atomic mass is 10.1. The van der Waals surface area contributed by atoms with Gasteiger partial charge in [-0.3, -0.25) is 5.10 Å². The van der Waals surface area contributed by atoms with Crippen LogP contribution in [-0.2, 0) is 11.3 Å². The van der Waals surface area contributed by atoms with Crippen LogP contribution in [0.25, 0.3) is 0 Å². The van der Waals surface area contributed by atoms with Crippen LogP contribution in [0.4, 0.5) is 0 Å². The summed E-state index contributed by atoms with van der Waals surface area (Å²) in [6.07, 6.45) is 1.76. The van der Waals surface area contributed by atoms with Crippen LogP contribution in [0.15, 0.2) is 12.3 Å². The zero-order valence-electron chi connectivity index (χ0n) is 9.08. The van der Waals surface area contributed by atoms with Gasteiger partial charge in [-0.05, 0) is 12.0 Å². The highest BCUT2D eigenvalue weighted by atomic mass is 16.5. The second-order valence-corrected chi connectivity index (χ2v) is 3.77. The molecule has 1 aromatic rings. The average molecular weight is 197 g/mol. The number of aromatic nitrogens is 2. The molecule has 1 heterocycles. The minimum absolute atomic E-state index is 0.392. The van der Waals surface area contributed by atoms with E-state index in [0.29, 0.717) is 12.0 Å². The molecule has 1 unspecified atom stereocenters. The van der Waals surface area contributed by atoms with Gasteiger partial charge in [0.2, 0.25) is 0 Å². The molecule has 0 bridgehead atoms. The molecule has 0 fully saturated rings. The standard InChI is InChI=1S/C10H19N3O/c1-8(2)10(7-14-3)11-6-9-4-5-12-13-9/h4-5,8,10-11H,6-7H2,1-3H3,(H,12,13). The van der Waals surface area contributed by atoms with Crippen molar-refractivity contribution in [1.82, 2.24) is 15.5 Å². The highest BCUT2D eigenvalue weighted by Crippen LogP contribution is 2.03. The second-order valence-electron chi connectivity index (χ2n) is 3.77. The lowest BCUT2D eigenvalue weighted by Gasteiger charge is -2.21. The normalized spacial score (nSPS) is 13.4. The van der Waals surface area contributed by atoms with Crippen LogP contribution < -0.4 is 5.32 Å². The third-order valence-electron chi connectivity index (χ3n) is 2.26. The predicted molar refractivity (Wildman–Crippen MR) is 55.9 cm³/mol. The van der Waals surface area contributed by atoms with Crippen molar-refractivity contribution in [3.05, 3.63) is 18.0 Å². The van der Waals surface area contributed by atoms with Crippen LogP contribution >= 0.6 is 0 Å². The van der Waals surface area contributed by atoms with E-state index < -0.39 is 0 Å². The zero-order chi connectivity index (χ0) is 10.4. The molecule has 0 aliphatic carbocycles. The molecule has 0 aliphatic heterocycles. The van der Waals surface area contributed by atoms with Crippen molar-refractivity contribution in [3.8, 4) is 0 Å². The van der Waals surface area contributed by atoms with Gasteiger partial charge in [-0.25, -0.2) is 0 Å². The number of hydrogen-bond acceptors (Lipinski definition) is 3. The molecule has 80 valence electrons. The Bertz CT molecular complexity index is 234. The van der Waals surface area contributed by atoms with Crippen molar-refractivity contribution >= 4 is 0 Å². The molecule has 0 saturated heterocycles. The van der Waals surface area contributed by atoms with Crippen LogP contribution in [0.3, 0.4) is 0 Å². The van der Waals surface area contributed by atoms with E-state index in [-0.39, 0.29) is 0 Å². The number of rotatable bonds is 6. The maximum Gasteiger partial charge on any atom is 0.0618 e. The predicted octanol–water partition coefficient (Wildman–Crippen LogP) is 1.17. The number of ether oxygens (including phenoxy) is 1. The molecule has 4 heteroatoms. The third-order valence-corrected chi connectivity index (χ3v) is 2.26. The Morgan fingerprint density at radius 1 is 1.57 bits per heavy atom. The first kappa shape index (κ1) is 11.2. The Hall–Kier alpha value is -0.870. The van der Waals surface area contributed by atoms with Crippen molar-refractivity contribution < 1.29 is 4.74 Å². The van der Waals surface area contributed by atoms with Gasteiger partial charge in [-0.2, -0.15) is 5.10 Å². The summed E-state index contributed by atoms with van der Waals surface area (Å²) >= 11 is 0. The highest BCUT2D eigenvalue weighted by molar-refractivity contribution is 4.97. The van der Waals surface area contributed by atoms with E-state index in [4.69, 9.17) is 4.74 Å². The fraction of sp³-hybridized carbons (Fsp3) is 0.700. The van der Waals surface area contributed by atoms with Crippen molar-refractivity contribution in [1.29, 1.82) is 0 Å². The summed E-state index contributed by atoms with van der Waals surface area (Å²) in [6.45, 7) is 5.92. The number of nitrogens with one attached hydrogen (secondary N) is 2. The molecular formula is C10H19N3O. The fourth-order valence-corrected chi connectivity index (χ4v) is 1.29. The molecule has 0 amide bonds. The van der Waals surface area contributed by atoms with Gasteiger partial charge < -0.3 is 10.1 Å². The van der Waals surface area contributed by atoms with Crippen LogP contribution in [-0.4, -0.2) is 30.0 Å². The second kappa shape index (κ2) is 5.78. The van der Waals surface area contributed by atoms with E-state index in [1.54, 1.807) is 13.3 Å². The molecule has 0 aromatic carbocycles. The monoisotopic (exact) mass is 197 g/mol. The Kier molecular flexibility index (Phi) is 4.62. The van der Waals surface area contributed by atoms with Crippen LogP contribution in [0, 0.1) is 5.92 Å². The summed E-state index contributed by atoms with van der Waals surface area (Å²) in [5, 5.41) is 10.2. The Balaban J connectivity index is 2.33. The van der Waals surface area contributed by atoms with Crippen LogP contribution in [0.5, 0.6) is 0 Å². The number of aromatic amines is 1. The lowest BCUT2D eigenvalue weighted by molar-refractivity contribution is 0.146. The molecule has 14 heavy (non-hydrogen) atoms. The van der Waals surface area contributed by atoms with Gasteiger partial charge in [-0.15, -0.1) is 0 Å². The SMILES string of the molecule is COCC(NCc1ccn[nH]1)C(C)C. The molecule has 0 spiro atoms. The minimum atomic E-state index is 0.392. The summed E-state index contributed by atoms with van der Waals surface area (Å²) < 4.78 is 5.15. The van der Waals surface area contributed by atoms with Crippen molar-refractivity contribution in [3.63, 3.8) is 0 Å². The Morgan fingerprint density at radius 3 is 2.86 bits per heavy atom. The number of hydrogen-bond donors (Lipinski definition) is 2.